The van der Waals surface area contributed by atoms with Gasteiger partial charge in [-0.1, -0.05) is 6.92 Å². The lowest BCUT2D eigenvalue weighted by Gasteiger charge is -2.10. The molecule has 1 aromatic carbocycles. The van der Waals surface area contributed by atoms with Crippen LogP contribution in [-0.2, 0) is 0 Å². The van der Waals surface area contributed by atoms with Gasteiger partial charge in [0.1, 0.15) is 11.6 Å². The molecule has 2 aromatic rings. The molecular weight excluding hydrogens is 238 g/mol. The molecule has 1 atom stereocenters. The molecule has 1 aromatic heterocycles. The largest absolute Gasteiger partial charge is 0.496 e. The van der Waals surface area contributed by atoms with Crippen molar-refractivity contribution in [3.05, 3.63) is 41.9 Å². The molecular formula is C15H19N3O. The van der Waals surface area contributed by atoms with Gasteiger partial charge in [0.05, 0.1) is 12.8 Å². The van der Waals surface area contributed by atoms with Crippen molar-refractivity contribution in [2.24, 2.45) is 5.73 Å². The highest BCUT2D eigenvalue weighted by atomic mass is 16.5. The zero-order valence-electron chi connectivity index (χ0n) is 11.6. The van der Waals surface area contributed by atoms with E-state index in [1.54, 1.807) is 13.3 Å². The van der Waals surface area contributed by atoms with Crippen LogP contribution in [0.15, 0.2) is 30.5 Å². The Morgan fingerprint density at radius 2 is 2.11 bits per heavy atom. The summed E-state index contributed by atoms with van der Waals surface area (Å²) in [6, 6.07) is 7.94. The Labute approximate surface area is 113 Å². The Bertz CT molecular complexity index is 569. The van der Waals surface area contributed by atoms with Crippen LogP contribution in [0.25, 0.3) is 11.3 Å². The summed E-state index contributed by atoms with van der Waals surface area (Å²) in [7, 11) is 1.67. The van der Waals surface area contributed by atoms with Gasteiger partial charge >= 0.3 is 0 Å². The molecule has 0 saturated heterocycles. The van der Waals surface area contributed by atoms with E-state index in [0.29, 0.717) is 6.54 Å². The molecule has 100 valence electrons. The maximum atomic E-state index is 5.66. The minimum Gasteiger partial charge on any atom is -0.496 e. The summed E-state index contributed by atoms with van der Waals surface area (Å²) in [6.07, 6.45) is 1.78. The third-order valence-corrected chi connectivity index (χ3v) is 3.16. The number of aryl methyl sites for hydroxylation is 1. The smallest absolute Gasteiger partial charge is 0.133 e. The van der Waals surface area contributed by atoms with Crippen molar-refractivity contribution in [1.82, 2.24) is 9.97 Å². The monoisotopic (exact) mass is 257 g/mol. The van der Waals surface area contributed by atoms with Crippen LogP contribution < -0.4 is 10.5 Å². The average molecular weight is 257 g/mol. The predicted octanol–water partition coefficient (Wildman–Crippen LogP) is 2.52. The molecule has 0 aliphatic heterocycles. The number of nitrogens with two attached hydrogens (primary N) is 1. The summed E-state index contributed by atoms with van der Waals surface area (Å²) >= 11 is 0. The van der Waals surface area contributed by atoms with Crippen molar-refractivity contribution in [2.75, 3.05) is 13.7 Å². The highest BCUT2D eigenvalue weighted by Crippen LogP contribution is 2.25. The van der Waals surface area contributed by atoms with Gasteiger partial charge in [0.25, 0.3) is 0 Å². The van der Waals surface area contributed by atoms with Crippen LogP contribution in [0.1, 0.15) is 24.2 Å². The number of hydrogen-bond donors (Lipinski definition) is 1. The molecule has 2 rings (SSSR count). The number of methoxy groups -OCH3 is 1. The van der Waals surface area contributed by atoms with Crippen molar-refractivity contribution in [2.45, 2.75) is 19.8 Å². The zero-order valence-corrected chi connectivity index (χ0v) is 11.6. The number of aromatic nitrogens is 2. The van der Waals surface area contributed by atoms with Crippen molar-refractivity contribution in [3.63, 3.8) is 0 Å². The fraction of sp³-hybridized carbons (Fsp3) is 0.333. The van der Waals surface area contributed by atoms with E-state index in [1.807, 2.05) is 32.0 Å². The highest BCUT2D eigenvalue weighted by Gasteiger charge is 2.09. The second-order valence-corrected chi connectivity index (χ2v) is 4.62. The Hall–Kier alpha value is -1.94. The van der Waals surface area contributed by atoms with Gasteiger partial charge in [0.15, 0.2) is 0 Å². The normalized spacial score (nSPS) is 12.2. The van der Waals surface area contributed by atoms with Crippen LogP contribution in [0.3, 0.4) is 0 Å². The van der Waals surface area contributed by atoms with Gasteiger partial charge in [-0.2, -0.15) is 0 Å². The molecule has 1 heterocycles. The topological polar surface area (TPSA) is 61.0 Å². The summed E-state index contributed by atoms with van der Waals surface area (Å²) in [4.78, 5) is 8.85. The molecule has 0 saturated carbocycles. The van der Waals surface area contributed by atoms with Crippen molar-refractivity contribution < 1.29 is 4.74 Å². The third-order valence-electron chi connectivity index (χ3n) is 3.16. The highest BCUT2D eigenvalue weighted by molar-refractivity contribution is 5.61. The molecule has 0 aliphatic rings. The molecule has 0 radical (unpaired) electrons. The lowest BCUT2D eigenvalue weighted by molar-refractivity contribution is 0.412. The summed E-state index contributed by atoms with van der Waals surface area (Å²) < 4.78 is 5.27. The molecule has 0 spiro atoms. The number of nitrogens with zero attached hydrogens (tertiary/aromatic N) is 2. The predicted molar refractivity (Wildman–Crippen MR) is 76.2 cm³/mol. The summed E-state index contributed by atoms with van der Waals surface area (Å²) in [6.45, 7) is 4.59. The Morgan fingerprint density at radius 3 is 2.74 bits per heavy atom. The van der Waals surface area contributed by atoms with Crippen LogP contribution >= 0.6 is 0 Å². The van der Waals surface area contributed by atoms with Gasteiger partial charge in [-0.25, -0.2) is 9.97 Å². The standard InChI is InChI=1S/C15H19N3O/c1-10-8-12(4-5-14(10)19-3)13-6-7-17-15(18-13)11(2)9-16/h4-8,11H,9,16H2,1-3H3. The van der Waals surface area contributed by atoms with E-state index in [0.717, 1.165) is 28.4 Å². The van der Waals surface area contributed by atoms with Gasteiger partial charge in [-0.15, -0.1) is 0 Å². The lowest BCUT2D eigenvalue weighted by Crippen LogP contribution is -2.12. The van der Waals surface area contributed by atoms with Crippen LogP contribution in [0.5, 0.6) is 5.75 Å². The first-order valence-corrected chi connectivity index (χ1v) is 6.33. The fourth-order valence-electron chi connectivity index (χ4n) is 1.92. The van der Waals surface area contributed by atoms with E-state index >= 15 is 0 Å². The first kappa shape index (κ1) is 13.5. The first-order valence-electron chi connectivity index (χ1n) is 6.33. The molecule has 4 nitrogen and oxygen atoms in total. The summed E-state index contributed by atoms with van der Waals surface area (Å²) in [5.41, 5.74) is 8.72. The van der Waals surface area contributed by atoms with Crippen LogP contribution in [-0.4, -0.2) is 23.6 Å². The minimum absolute atomic E-state index is 0.166. The van der Waals surface area contributed by atoms with E-state index in [9.17, 15) is 0 Å². The van der Waals surface area contributed by atoms with Crippen LogP contribution in [0.4, 0.5) is 0 Å². The van der Waals surface area contributed by atoms with Crippen molar-refractivity contribution >= 4 is 0 Å². The molecule has 0 bridgehead atoms. The molecule has 0 fully saturated rings. The average Bonchev–Trinajstić information content (AvgIpc) is 2.46. The molecule has 4 heteroatoms. The SMILES string of the molecule is COc1ccc(-c2ccnc(C(C)CN)n2)cc1C. The number of benzene rings is 1. The maximum Gasteiger partial charge on any atom is 0.133 e. The molecule has 19 heavy (non-hydrogen) atoms. The Kier molecular flexibility index (Phi) is 4.12. The van der Waals surface area contributed by atoms with Crippen LogP contribution in [0.2, 0.25) is 0 Å². The van der Waals surface area contributed by atoms with Gasteiger partial charge in [-0.05, 0) is 36.8 Å². The van der Waals surface area contributed by atoms with Gasteiger partial charge in [0, 0.05) is 24.2 Å². The summed E-state index contributed by atoms with van der Waals surface area (Å²) in [5, 5.41) is 0. The quantitative estimate of drug-likeness (QED) is 0.914. The number of ether oxygens (including phenoxy) is 1. The fourth-order valence-corrected chi connectivity index (χ4v) is 1.92. The summed E-state index contributed by atoms with van der Waals surface area (Å²) in [5.74, 6) is 1.83. The molecule has 1 unspecified atom stereocenters. The van der Waals surface area contributed by atoms with E-state index < -0.39 is 0 Å². The van der Waals surface area contributed by atoms with Gasteiger partial charge in [0.2, 0.25) is 0 Å². The lowest BCUT2D eigenvalue weighted by atomic mass is 10.1. The molecule has 0 aliphatic carbocycles. The maximum absolute atomic E-state index is 5.66. The van der Waals surface area contributed by atoms with Crippen molar-refractivity contribution in [3.8, 4) is 17.0 Å². The third kappa shape index (κ3) is 2.90. The zero-order chi connectivity index (χ0) is 13.8. The molecule has 0 amide bonds. The second kappa shape index (κ2) is 5.80. The number of hydrogen-bond acceptors (Lipinski definition) is 4. The van der Waals surface area contributed by atoms with E-state index in [2.05, 4.69) is 16.0 Å². The van der Waals surface area contributed by atoms with E-state index in [1.165, 1.54) is 0 Å². The first-order chi connectivity index (χ1) is 9.15. The van der Waals surface area contributed by atoms with Gasteiger partial charge < -0.3 is 10.5 Å². The molecule has 2 N–H and O–H groups in total. The van der Waals surface area contributed by atoms with E-state index in [4.69, 9.17) is 10.5 Å². The number of rotatable bonds is 4. The minimum atomic E-state index is 0.166. The van der Waals surface area contributed by atoms with Gasteiger partial charge in [-0.3, -0.25) is 0 Å². The van der Waals surface area contributed by atoms with Crippen LogP contribution in [0, 0.1) is 6.92 Å². The second-order valence-electron chi connectivity index (χ2n) is 4.62. The Balaban J connectivity index is 2.39. The van der Waals surface area contributed by atoms with E-state index in [-0.39, 0.29) is 5.92 Å². The Morgan fingerprint density at radius 1 is 1.32 bits per heavy atom. The van der Waals surface area contributed by atoms with Crippen molar-refractivity contribution in [1.29, 1.82) is 0 Å².